The zero-order chi connectivity index (χ0) is 18.6. The number of hydrogen-bond acceptors (Lipinski definition) is 5. The van der Waals surface area contributed by atoms with Gasteiger partial charge in [-0.1, -0.05) is 24.3 Å². The number of pyridine rings is 1. The Kier molecular flexibility index (Phi) is 5.36. The van der Waals surface area contributed by atoms with Gasteiger partial charge in [-0.25, -0.2) is 0 Å². The summed E-state index contributed by atoms with van der Waals surface area (Å²) in [5.41, 5.74) is 10.2. The van der Waals surface area contributed by atoms with E-state index in [0.29, 0.717) is 0 Å². The number of carbonyl (C=O) groups is 1. The van der Waals surface area contributed by atoms with E-state index in [1.807, 2.05) is 18.3 Å². The van der Waals surface area contributed by atoms with Gasteiger partial charge in [-0.15, -0.1) is 11.3 Å². The fourth-order valence-corrected chi connectivity index (χ4v) is 4.58. The molecule has 1 saturated heterocycles. The molecule has 1 atom stereocenters. The van der Waals surface area contributed by atoms with Crippen molar-refractivity contribution in [1.29, 1.82) is 0 Å². The maximum atomic E-state index is 11.5. The Hall–Kier alpha value is -2.44. The number of nitrogens with zero attached hydrogens (tertiary/aromatic N) is 2. The van der Waals surface area contributed by atoms with Gasteiger partial charge in [0.1, 0.15) is 0 Å². The number of carbonyl (C=O) groups excluding carboxylic acids is 1. The molecule has 1 unspecified atom stereocenters. The minimum absolute atomic E-state index is 0.0107. The first-order valence-corrected chi connectivity index (χ1v) is 10.2. The lowest BCUT2D eigenvalue weighted by Crippen LogP contribution is -2.40. The summed E-state index contributed by atoms with van der Waals surface area (Å²) < 4.78 is 1.19. The summed E-state index contributed by atoms with van der Waals surface area (Å²) in [5.74, 6) is -0.182. The smallest absolute Gasteiger partial charge is 0.221 e. The highest BCUT2D eigenvalue weighted by Gasteiger charge is 2.23. The van der Waals surface area contributed by atoms with Gasteiger partial charge in [0.05, 0.1) is 21.8 Å². The minimum Gasteiger partial charge on any atom is -0.380 e. The molecule has 4 rings (SSSR count). The van der Waals surface area contributed by atoms with Gasteiger partial charge in [-0.2, -0.15) is 0 Å². The van der Waals surface area contributed by atoms with Crippen LogP contribution in [0.25, 0.3) is 10.2 Å². The number of fused-ring (bicyclic) bond motifs is 1. The summed E-state index contributed by atoms with van der Waals surface area (Å²) in [5, 5.41) is 5.61. The number of aromatic nitrogens is 1. The zero-order valence-electron chi connectivity index (χ0n) is 15.2. The first-order chi connectivity index (χ1) is 13.2. The van der Waals surface area contributed by atoms with Crippen LogP contribution in [0.2, 0.25) is 0 Å². The van der Waals surface area contributed by atoms with Gasteiger partial charge in [0, 0.05) is 25.8 Å². The Bertz CT molecular complexity index is 939. The van der Waals surface area contributed by atoms with E-state index in [-0.39, 0.29) is 11.8 Å². The van der Waals surface area contributed by atoms with Crippen molar-refractivity contribution >= 4 is 33.1 Å². The highest BCUT2D eigenvalue weighted by atomic mass is 32.1. The second-order valence-electron chi connectivity index (χ2n) is 7.14. The van der Waals surface area contributed by atoms with Crippen molar-refractivity contribution in [2.75, 3.05) is 18.4 Å². The molecule has 3 aromatic rings. The monoisotopic (exact) mass is 380 g/mol. The third kappa shape index (κ3) is 4.28. The first kappa shape index (κ1) is 17.9. The molecule has 0 saturated carbocycles. The third-order valence-electron chi connectivity index (χ3n) is 5.13. The van der Waals surface area contributed by atoms with Crippen molar-refractivity contribution in [3.63, 3.8) is 0 Å². The van der Waals surface area contributed by atoms with E-state index >= 15 is 0 Å². The average Bonchev–Trinajstić information content (AvgIpc) is 3.16. The molecule has 3 N–H and O–H groups in total. The van der Waals surface area contributed by atoms with Crippen molar-refractivity contribution in [3.05, 3.63) is 59.1 Å². The van der Waals surface area contributed by atoms with E-state index in [4.69, 9.17) is 5.73 Å². The second kappa shape index (κ2) is 8.06. The molecule has 3 heterocycles. The van der Waals surface area contributed by atoms with Crippen LogP contribution in [0.4, 0.5) is 5.69 Å². The van der Waals surface area contributed by atoms with Gasteiger partial charge < -0.3 is 11.1 Å². The van der Waals surface area contributed by atoms with E-state index < -0.39 is 0 Å². The molecule has 0 aliphatic carbocycles. The number of amides is 1. The van der Waals surface area contributed by atoms with Crippen molar-refractivity contribution in [3.8, 4) is 0 Å². The van der Waals surface area contributed by atoms with Crippen LogP contribution in [-0.2, 0) is 17.9 Å². The lowest BCUT2D eigenvalue weighted by atomic mass is 9.97. The van der Waals surface area contributed by atoms with Gasteiger partial charge in [-0.05, 0) is 48.0 Å². The first-order valence-electron chi connectivity index (χ1n) is 9.34. The quantitative estimate of drug-likeness (QED) is 0.685. The van der Waals surface area contributed by atoms with Crippen LogP contribution in [0.15, 0.2) is 48.0 Å². The molecule has 0 bridgehead atoms. The van der Waals surface area contributed by atoms with Crippen molar-refractivity contribution < 1.29 is 4.79 Å². The maximum absolute atomic E-state index is 11.5. The number of piperidine rings is 1. The number of nitrogens with two attached hydrogens (primary N) is 1. The lowest BCUT2D eigenvalue weighted by molar-refractivity contribution is -0.123. The van der Waals surface area contributed by atoms with E-state index in [1.54, 1.807) is 11.3 Å². The second-order valence-corrected chi connectivity index (χ2v) is 8.06. The Labute approximate surface area is 163 Å². The third-order valence-corrected chi connectivity index (χ3v) is 6.07. The standard InChI is InChI=1S/C21H24N4OS/c22-21(26)17-5-2-9-25(14-17)13-16-4-1-3-15(11-16)12-24-18-6-8-23-19-7-10-27-20(18)19/h1,3-4,6-8,10-11,17H,2,5,9,12-14H2,(H2,22,26)(H,23,24). The van der Waals surface area contributed by atoms with E-state index in [0.717, 1.165) is 50.2 Å². The lowest BCUT2D eigenvalue weighted by Gasteiger charge is -2.31. The largest absolute Gasteiger partial charge is 0.380 e. The number of likely N-dealkylation sites (tertiary alicyclic amines) is 1. The molecule has 27 heavy (non-hydrogen) atoms. The molecular formula is C21H24N4OS. The topological polar surface area (TPSA) is 71.2 Å². The van der Waals surface area contributed by atoms with E-state index in [1.165, 1.54) is 15.8 Å². The van der Waals surface area contributed by atoms with Crippen molar-refractivity contribution in [2.24, 2.45) is 11.7 Å². The van der Waals surface area contributed by atoms with Crippen LogP contribution in [0.5, 0.6) is 0 Å². The van der Waals surface area contributed by atoms with Gasteiger partial charge in [0.2, 0.25) is 5.91 Å². The van der Waals surface area contributed by atoms with Crippen LogP contribution in [0.1, 0.15) is 24.0 Å². The number of benzene rings is 1. The highest BCUT2D eigenvalue weighted by Crippen LogP contribution is 2.27. The molecule has 0 spiro atoms. The SMILES string of the molecule is NC(=O)C1CCCN(Cc2cccc(CNc3ccnc4ccsc34)c2)C1. The molecule has 1 amide bonds. The Morgan fingerprint density at radius 2 is 2.19 bits per heavy atom. The predicted octanol–water partition coefficient (Wildman–Crippen LogP) is 3.61. The molecule has 0 radical (unpaired) electrons. The summed E-state index contributed by atoms with van der Waals surface area (Å²) in [7, 11) is 0. The zero-order valence-corrected chi connectivity index (χ0v) is 16.0. The predicted molar refractivity (Wildman–Crippen MR) is 111 cm³/mol. The van der Waals surface area contributed by atoms with E-state index in [2.05, 4.69) is 44.8 Å². The van der Waals surface area contributed by atoms with Crippen LogP contribution in [0.3, 0.4) is 0 Å². The van der Waals surface area contributed by atoms with Crippen LogP contribution in [-0.4, -0.2) is 28.9 Å². The van der Waals surface area contributed by atoms with Gasteiger partial charge in [-0.3, -0.25) is 14.7 Å². The van der Waals surface area contributed by atoms with Crippen molar-refractivity contribution in [2.45, 2.75) is 25.9 Å². The average molecular weight is 381 g/mol. The molecule has 5 nitrogen and oxygen atoms in total. The van der Waals surface area contributed by atoms with E-state index in [9.17, 15) is 4.79 Å². The van der Waals surface area contributed by atoms with Crippen LogP contribution >= 0.6 is 11.3 Å². The molecule has 1 aliphatic heterocycles. The molecule has 1 aliphatic rings. The number of nitrogens with one attached hydrogen (secondary N) is 1. The Morgan fingerprint density at radius 1 is 1.30 bits per heavy atom. The number of primary amides is 1. The van der Waals surface area contributed by atoms with Gasteiger partial charge in [0.25, 0.3) is 0 Å². The summed E-state index contributed by atoms with van der Waals surface area (Å²) in [4.78, 5) is 18.2. The summed E-state index contributed by atoms with van der Waals surface area (Å²) in [6, 6.07) is 12.7. The summed E-state index contributed by atoms with van der Waals surface area (Å²) >= 11 is 1.71. The summed E-state index contributed by atoms with van der Waals surface area (Å²) in [6.07, 6.45) is 3.80. The maximum Gasteiger partial charge on any atom is 0.221 e. The van der Waals surface area contributed by atoms with Gasteiger partial charge in [0.15, 0.2) is 0 Å². The Balaban J connectivity index is 1.40. The summed E-state index contributed by atoms with van der Waals surface area (Å²) in [6.45, 7) is 3.43. The highest BCUT2D eigenvalue weighted by molar-refractivity contribution is 7.17. The molecule has 1 fully saturated rings. The van der Waals surface area contributed by atoms with Crippen LogP contribution < -0.4 is 11.1 Å². The molecule has 140 valence electrons. The number of rotatable bonds is 6. The number of anilines is 1. The number of hydrogen-bond donors (Lipinski definition) is 2. The molecule has 1 aromatic carbocycles. The Morgan fingerprint density at radius 3 is 3.07 bits per heavy atom. The fraction of sp³-hybridized carbons (Fsp3) is 0.333. The fourth-order valence-electron chi connectivity index (χ4n) is 3.74. The van der Waals surface area contributed by atoms with Crippen molar-refractivity contribution in [1.82, 2.24) is 9.88 Å². The van der Waals surface area contributed by atoms with Gasteiger partial charge >= 0.3 is 0 Å². The van der Waals surface area contributed by atoms with Crippen LogP contribution in [0, 0.1) is 5.92 Å². The number of thiophene rings is 1. The molecule has 2 aromatic heterocycles. The minimum atomic E-state index is -0.171. The molecular weight excluding hydrogens is 356 g/mol. The molecule has 6 heteroatoms. The normalized spacial score (nSPS) is 17.9.